The minimum absolute atomic E-state index is 0.617. The van der Waals surface area contributed by atoms with Crippen molar-refractivity contribution in [1.82, 2.24) is 9.36 Å². The van der Waals surface area contributed by atoms with Crippen molar-refractivity contribution in [2.45, 2.75) is 51.0 Å². The molecule has 5 nitrogen and oxygen atoms in total. The molecule has 94 valence electrons. The highest BCUT2D eigenvalue weighted by Gasteiger charge is 2.39. The molecule has 1 aliphatic carbocycles. The highest BCUT2D eigenvalue weighted by molar-refractivity contribution is 7.09. The third-order valence-electron chi connectivity index (χ3n) is 3.24. The van der Waals surface area contributed by atoms with Crippen molar-refractivity contribution >= 4 is 22.6 Å². The number of nitrogens with one attached hydrogen (secondary N) is 1. The van der Waals surface area contributed by atoms with Crippen molar-refractivity contribution < 1.29 is 9.90 Å². The summed E-state index contributed by atoms with van der Waals surface area (Å²) in [6, 6.07) is 0. The Morgan fingerprint density at radius 1 is 1.35 bits per heavy atom. The lowest BCUT2D eigenvalue weighted by molar-refractivity contribution is -0.142. The van der Waals surface area contributed by atoms with Gasteiger partial charge in [-0.2, -0.15) is 4.37 Å². The zero-order chi connectivity index (χ0) is 12.3. The smallest absolute Gasteiger partial charge is 0.329 e. The van der Waals surface area contributed by atoms with E-state index in [-0.39, 0.29) is 0 Å². The second kappa shape index (κ2) is 5.00. The monoisotopic (exact) mass is 255 g/mol. The quantitative estimate of drug-likeness (QED) is 0.811. The molecule has 0 amide bonds. The SMILES string of the molecule is Cc1nsc(NC2(C(=O)O)CCCCCC2)n1. The van der Waals surface area contributed by atoms with Crippen LogP contribution in [-0.2, 0) is 4.79 Å². The maximum atomic E-state index is 11.5. The summed E-state index contributed by atoms with van der Waals surface area (Å²) in [6.07, 6.45) is 5.48. The summed E-state index contributed by atoms with van der Waals surface area (Å²) in [5, 5.41) is 13.2. The van der Waals surface area contributed by atoms with E-state index in [4.69, 9.17) is 0 Å². The van der Waals surface area contributed by atoms with E-state index < -0.39 is 11.5 Å². The summed E-state index contributed by atoms with van der Waals surface area (Å²) < 4.78 is 4.07. The molecule has 0 aromatic carbocycles. The molecule has 0 atom stereocenters. The standard InChI is InChI=1S/C11H17N3O2S/c1-8-12-10(17-14-8)13-11(9(15)16)6-4-2-3-5-7-11/h2-7H2,1H3,(H,15,16)(H,12,13,14). The summed E-state index contributed by atoms with van der Waals surface area (Å²) >= 11 is 1.23. The van der Waals surface area contributed by atoms with E-state index in [1.165, 1.54) is 11.5 Å². The molecule has 1 heterocycles. The van der Waals surface area contributed by atoms with Crippen LogP contribution in [0.4, 0.5) is 5.13 Å². The number of rotatable bonds is 3. The Morgan fingerprint density at radius 2 is 2.00 bits per heavy atom. The summed E-state index contributed by atoms with van der Waals surface area (Å²) in [7, 11) is 0. The molecule has 0 radical (unpaired) electrons. The lowest BCUT2D eigenvalue weighted by Gasteiger charge is -2.28. The van der Waals surface area contributed by atoms with Crippen LogP contribution in [0.2, 0.25) is 0 Å². The van der Waals surface area contributed by atoms with Crippen LogP contribution < -0.4 is 5.32 Å². The molecular formula is C11H17N3O2S. The van der Waals surface area contributed by atoms with Gasteiger partial charge in [-0.05, 0) is 19.8 Å². The van der Waals surface area contributed by atoms with Gasteiger partial charge in [0.25, 0.3) is 0 Å². The third-order valence-corrected chi connectivity index (χ3v) is 3.96. The molecule has 0 spiro atoms. The highest BCUT2D eigenvalue weighted by atomic mass is 32.1. The normalized spacial score (nSPS) is 19.6. The minimum atomic E-state index is -0.845. The van der Waals surface area contributed by atoms with Crippen molar-refractivity contribution in [3.8, 4) is 0 Å². The number of nitrogens with zero attached hydrogens (tertiary/aromatic N) is 2. The number of carbonyl (C=O) groups is 1. The lowest BCUT2D eigenvalue weighted by Crippen LogP contribution is -2.46. The fourth-order valence-corrected chi connectivity index (χ4v) is 2.95. The number of carboxylic acid groups (broad SMARTS) is 1. The molecule has 2 rings (SSSR count). The Bertz CT molecular complexity index is 397. The van der Waals surface area contributed by atoms with Gasteiger partial charge in [-0.15, -0.1) is 0 Å². The number of hydrogen-bond acceptors (Lipinski definition) is 5. The topological polar surface area (TPSA) is 75.1 Å². The zero-order valence-corrected chi connectivity index (χ0v) is 10.7. The van der Waals surface area contributed by atoms with Crippen LogP contribution in [0.5, 0.6) is 0 Å². The van der Waals surface area contributed by atoms with E-state index in [0.29, 0.717) is 23.8 Å². The fraction of sp³-hybridized carbons (Fsp3) is 0.727. The molecule has 1 aromatic heterocycles. The molecule has 17 heavy (non-hydrogen) atoms. The fourth-order valence-electron chi connectivity index (χ4n) is 2.28. The van der Waals surface area contributed by atoms with Gasteiger partial charge in [0, 0.05) is 11.5 Å². The van der Waals surface area contributed by atoms with Crippen LogP contribution in [0.15, 0.2) is 0 Å². The third kappa shape index (κ3) is 2.74. The summed E-state index contributed by atoms with van der Waals surface area (Å²) in [4.78, 5) is 15.7. The Morgan fingerprint density at radius 3 is 2.47 bits per heavy atom. The average molecular weight is 255 g/mol. The Balaban J connectivity index is 2.18. The summed E-state index contributed by atoms with van der Waals surface area (Å²) in [5.74, 6) is -0.0843. The van der Waals surface area contributed by atoms with Gasteiger partial charge in [-0.1, -0.05) is 25.7 Å². The van der Waals surface area contributed by atoms with Crippen LogP contribution in [0.3, 0.4) is 0 Å². The van der Waals surface area contributed by atoms with Gasteiger partial charge in [-0.25, -0.2) is 9.78 Å². The zero-order valence-electron chi connectivity index (χ0n) is 9.90. The summed E-state index contributed by atoms with van der Waals surface area (Å²) in [5.41, 5.74) is -0.845. The van der Waals surface area contributed by atoms with Gasteiger partial charge >= 0.3 is 5.97 Å². The number of carboxylic acids is 1. The van der Waals surface area contributed by atoms with E-state index in [9.17, 15) is 9.90 Å². The first-order valence-electron chi connectivity index (χ1n) is 5.94. The molecule has 0 unspecified atom stereocenters. The van der Waals surface area contributed by atoms with Gasteiger partial charge in [0.05, 0.1) is 0 Å². The predicted molar refractivity (Wildman–Crippen MR) is 66.3 cm³/mol. The van der Waals surface area contributed by atoms with Crippen LogP contribution >= 0.6 is 11.5 Å². The summed E-state index contributed by atoms with van der Waals surface area (Å²) in [6.45, 7) is 1.81. The lowest BCUT2D eigenvalue weighted by atomic mass is 9.90. The van der Waals surface area contributed by atoms with Crippen molar-refractivity contribution in [3.05, 3.63) is 5.82 Å². The minimum Gasteiger partial charge on any atom is -0.480 e. The van der Waals surface area contributed by atoms with Crippen LogP contribution in [0, 0.1) is 6.92 Å². The second-order valence-corrected chi connectivity index (χ2v) is 5.33. The molecule has 1 aliphatic rings. The van der Waals surface area contributed by atoms with E-state index in [1.54, 1.807) is 0 Å². The molecule has 1 aromatic rings. The predicted octanol–water partition coefficient (Wildman–Crippen LogP) is 2.44. The molecule has 0 aliphatic heterocycles. The number of aryl methyl sites for hydroxylation is 1. The second-order valence-electron chi connectivity index (χ2n) is 4.57. The Hall–Kier alpha value is -1.17. The Labute approximate surface area is 104 Å². The van der Waals surface area contributed by atoms with Gasteiger partial charge in [-0.3, -0.25) is 0 Å². The number of aromatic nitrogens is 2. The Kier molecular flexibility index (Phi) is 3.61. The molecular weight excluding hydrogens is 238 g/mol. The van der Waals surface area contributed by atoms with Gasteiger partial charge in [0.15, 0.2) is 0 Å². The molecule has 0 saturated heterocycles. The van der Waals surface area contributed by atoms with Crippen molar-refractivity contribution in [2.24, 2.45) is 0 Å². The first kappa shape index (κ1) is 12.3. The van der Waals surface area contributed by atoms with Crippen molar-refractivity contribution in [3.63, 3.8) is 0 Å². The van der Waals surface area contributed by atoms with E-state index >= 15 is 0 Å². The van der Waals surface area contributed by atoms with Gasteiger partial charge in [0.1, 0.15) is 11.4 Å². The largest absolute Gasteiger partial charge is 0.480 e. The van der Waals surface area contributed by atoms with E-state index in [0.717, 1.165) is 25.7 Å². The van der Waals surface area contributed by atoms with E-state index in [1.807, 2.05) is 6.92 Å². The van der Waals surface area contributed by atoms with Crippen molar-refractivity contribution in [1.29, 1.82) is 0 Å². The molecule has 0 bridgehead atoms. The van der Waals surface area contributed by atoms with E-state index in [2.05, 4.69) is 14.7 Å². The first-order chi connectivity index (χ1) is 8.12. The van der Waals surface area contributed by atoms with Crippen molar-refractivity contribution in [2.75, 3.05) is 5.32 Å². The maximum absolute atomic E-state index is 11.5. The van der Waals surface area contributed by atoms with Crippen LogP contribution in [0.25, 0.3) is 0 Å². The van der Waals surface area contributed by atoms with Gasteiger partial charge in [0.2, 0.25) is 5.13 Å². The maximum Gasteiger partial charge on any atom is 0.329 e. The first-order valence-corrected chi connectivity index (χ1v) is 6.72. The number of hydrogen-bond donors (Lipinski definition) is 2. The molecule has 2 N–H and O–H groups in total. The van der Waals surface area contributed by atoms with Crippen LogP contribution in [0.1, 0.15) is 44.3 Å². The van der Waals surface area contributed by atoms with Crippen LogP contribution in [-0.4, -0.2) is 26.0 Å². The molecule has 6 heteroatoms. The highest BCUT2D eigenvalue weighted by Crippen LogP contribution is 2.31. The number of anilines is 1. The molecule has 1 saturated carbocycles. The van der Waals surface area contributed by atoms with Gasteiger partial charge < -0.3 is 10.4 Å². The molecule has 1 fully saturated rings. The average Bonchev–Trinajstić information content (AvgIpc) is 2.54. The number of aliphatic carboxylic acids is 1.